The van der Waals surface area contributed by atoms with E-state index in [-0.39, 0.29) is 24.4 Å². The number of aromatic amines is 1. The van der Waals surface area contributed by atoms with Crippen LogP contribution in [0.4, 0.5) is 0 Å². The molecule has 1 aromatic carbocycles. The quantitative estimate of drug-likeness (QED) is 0.793. The van der Waals surface area contributed by atoms with Gasteiger partial charge in [0.2, 0.25) is 5.91 Å². The largest absolute Gasteiger partial charge is 0.345 e. The van der Waals surface area contributed by atoms with Crippen molar-refractivity contribution in [3.05, 3.63) is 42.4 Å². The minimum atomic E-state index is -0.521. The van der Waals surface area contributed by atoms with Gasteiger partial charge in [-0.3, -0.25) is 4.79 Å². The number of hydrogen-bond acceptors (Lipinski definition) is 3. The third kappa shape index (κ3) is 4.31. The third-order valence-corrected chi connectivity index (χ3v) is 3.15. The maximum atomic E-state index is 11.7. The molecule has 0 bridgehead atoms. The second-order valence-corrected chi connectivity index (χ2v) is 4.81. The van der Waals surface area contributed by atoms with Crippen molar-refractivity contribution in [2.45, 2.75) is 32.4 Å². The number of carbonyl (C=O) groups is 1. The predicted molar refractivity (Wildman–Crippen MR) is 86.1 cm³/mol. The molecule has 0 aliphatic carbocycles. The van der Waals surface area contributed by atoms with Gasteiger partial charge in [-0.05, 0) is 18.9 Å². The lowest BCUT2D eigenvalue weighted by Crippen LogP contribution is -2.40. The van der Waals surface area contributed by atoms with Gasteiger partial charge in [-0.1, -0.05) is 37.3 Å². The van der Waals surface area contributed by atoms with Crippen LogP contribution in [0.3, 0.4) is 0 Å². The zero-order valence-corrected chi connectivity index (χ0v) is 13.0. The molecule has 1 unspecified atom stereocenters. The topological polar surface area (TPSA) is 83.8 Å². The Labute approximate surface area is 130 Å². The summed E-state index contributed by atoms with van der Waals surface area (Å²) in [6, 6.07) is 9.28. The summed E-state index contributed by atoms with van der Waals surface area (Å²) in [5.41, 5.74) is 7.58. The van der Waals surface area contributed by atoms with E-state index in [0.717, 1.165) is 23.5 Å². The zero-order valence-electron chi connectivity index (χ0n) is 12.2. The molecule has 6 heteroatoms. The Morgan fingerprint density at radius 1 is 1.38 bits per heavy atom. The van der Waals surface area contributed by atoms with Crippen LogP contribution in [0.15, 0.2) is 36.5 Å². The molecule has 0 saturated heterocycles. The molecule has 114 valence electrons. The van der Waals surface area contributed by atoms with E-state index >= 15 is 0 Å². The summed E-state index contributed by atoms with van der Waals surface area (Å²) in [5, 5.41) is 2.89. The number of imidazole rings is 1. The van der Waals surface area contributed by atoms with E-state index in [1.54, 1.807) is 13.1 Å². The van der Waals surface area contributed by atoms with E-state index in [9.17, 15) is 4.79 Å². The summed E-state index contributed by atoms with van der Waals surface area (Å²) in [7, 11) is 0. The van der Waals surface area contributed by atoms with Gasteiger partial charge in [-0.15, -0.1) is 12.4 Å². The summed E-state index contributed by atoms with van der Waals surface area (Å²) in [4.78, 5) is 19.3. The van der Waals surface area contributed by atoms with Gasteiger partial charge in [-0.2, -0.15) is 0 Å². The van der Waals surface area contributed by atoms with Gasteiger partial charge in [0.1, 0.15) is 5.82 Å². The van der Waals surface area contributed by atoms with E-state index in [1.807, 2.05) is 37.3 Å². The Hall–Kier alpha value is -1.85. The molecule has 1 heterocycles. The highest BCUT2D eigenvalue weighted by Crippen LogP contribution is 2.20. The summed E-state index contributed by atoms with van der Waals surface area (Å²) in [6.07, 6.45) is 2.53. The number of carbonyl (C=O) groups excluding carboxylic acids is 1. The number of benzene rings is 1. The van der Waals surface area contributed by atoms with Gasteiger partial charge in [0.15, 0.2) is 0 Å². The Kier molecular flexibility index (Phi) is 6.39. The molecule has 1 aromatic heterocycles. The molecule has 5 nitrogen and oxygen atoms in total. The van der Waals surface area contributed by atoms with Crippen LogP contribution in [0.2, 0.25) is 0 Å². The third-order valence-electron chi connectivity index (χ3n) is 3.15. The Bertz CT molecular complexity index is 568. The van der Waals surface area contributed by atoms with Crippen molar-refractivity contribution in [1.29, 1.82) is 0 Å². The summed E-state index contributed by atoms with van der Waals surface area (Å²) in [5.74, 6) is 0.579. The van der Waals surface area contributed by atoms with Gasteiger partial charge in [0, 0.05) is 0 Å². The van der Waals surface area contributed by atoms with Crippen LogP contribution in [0, 0.1) is 0 Å². The lowest BCUT2D eigenvalue weighted by molar-refractivity contribution is -0.122. The first-order chi connectivity index (χ1) is 9.61. The first-order valence-corrected chi connectivity index (χ1v) is 6.78. The van der Waals surface area contributed by atoms with Crippen molar-refractivity contribution in [1.82, 2.24) is 15.3 Å². The normalized spacial score (nSPS) is 13.1. The molecule has 0 aliphatic heterocycles. The van der Waals surface area contributed by atoms with Crippen molar-refractivity contribution in [3.63, 3.8) is 0 Å². The van der Waals surface area contributed by atoms with Crippen LogP contribution in [-0.2, 0) is 4.79 Å². The number of nitrogens with one attached hydrogen (secondary N) is 2. The molecule has 0 radical (unpaired) electrons. The number of hydrogen-bond donors (Lipinski definition) is 3. The van der Waals surface area contributed by atoms with Crippen LogP contribution < -0.4 is 11.1 Å². The second kappa shape index (κ2) is 7.81. The van der Waals surface area contributed by atoms with Crippen molar-refractivity contribution in [2.24, 2.45) is 5.73 Å². The molecule has 0 spiro atoms. The van der Waals surface area contributed by atoms with Crippen LogP contribution >= 0.6 is 12.4 Å². The van der Waals surface area contributed by atoms with Crippen LogP contribution in [0.1, 0.15) is 32.1 Å². The monoisotopic (exact) mass is 308 g/mol. The summed E-state index contributed by atoms with van der Waals surface area (Å²) in [6.45, 7) is 3.66. The van der Waals surface area contributed by atoms with Crippen molar-refractivity contribution < 1.29 is 4.79 Å². The molecule has 1 amide bonds. The molecule has 2 aromatic rings. The first kappa shape index (κ1) is 17.2. The average molecular weight is 309 g/mol. The summed E-state index contributed by atoms with van der Waals surface area (Å²) < 4.78 is 0. The number of amides is 1. The molecule has 4 N–H and O–H groups in total. The van der Waals surface area contributed by atoms with Gasteiger partial charge in [0.25, 0.3) is 0 Å². The maximum Gasteiger partial charge on any atom is 0.237 e. The number of nitrogens with two attached hydrogens (primary N) is 1. The van der Waals surface area contributed by atoms with Gasteiger partial charge in [-0.25, -0.2) is 4.98 Å². The fourth-order valence-electron chi connectivity index (χ4n) is 1.95. The molecule has 0 aliphatic rings. The standard InChI is InChI=1S/C15H20N4O.ClH/c1-3-12(19-15(20)10(2)16)14-17-9-13(18-14)11-7-5-4-6-8-11;/h4-10,12H,3,16H2,1-2H3,(H,17,18)(H,19,20);1H/t10-,12?;/m1./s1. The van der Waals surface area contributed by atoms with E-state index < -0.39 is 6.04 Å². The maximum absolute atomic E-state index is 11.7. The first-order valence-electron chi connectivity index (χ1n) is 6.78. The van der Waals surface area contributed by atoms with Crippen LogP contribution in [0.25, 0.3) is 11.3 Å². The zero-order chi connectivity index (χ0) is 14.5. The van der Waals surface area contributed by atoms with Crippen molar-refractivity contribution in [2.75, 3.05) is 0 Å². The number of rotatable bonds is 5. The van der Waals surface area contributed by atoms with Crippen molar-refractivity contribution >= 4 is 18.3 Å². The molecule has 0 fully saturated rings. The van der Waals surface area contributed by atoms with Gasteiger partial charge in [0.05, 0.1) is 24.0 Å². The molecule has 2 rings (SSSR count). The highest BCUT2D eigenvalue weighted by Gasteiger charge is 2.18. The Balaban J connectivity index is 0.00000220. The van der Waals surface area contributed by atoms with Gasteiger partial charge < -0.3 is 16.0 Å². The van der Waals surface area contributed by atoms with E-state index in [0.29, 0.717) is 0 Å². The van der Waals surface area contributed by atoms with E-state index in [2.05, 4.69) is 15.3 Å². The Morgan fingerprint density at radius 2 is 2.05 bits per heavy atom. The fourth-order valence-corrected chi connectivity index (χ4v) is 1.95. The smallest absolute Gasteiger partial charge is 0.237 e. The van der Waals surface area contributed by atoms with Crippen molar-refractivity contribution in [3.8, 4) is 11.3 Å². The SMILES string of the molecule is CCC(NC(=O)[C@@H](C)N)c1ncc(-c2ccccc2)[nH]1.Cl. The fraction of sp³-hybridized carbons (Fsp3) is 0.333. The highest BCUT2D eigenvalue weighted by atomic mass is 35.5. The minimum Gasteiger partial charge on any atom is -0.345 e. The number of nitrogens with zero attached hydrogens (tertiary/aromatic N) is 1. The Morgan fingerprint density at radius 3 is 2.62 bits per heavy atom. The molecule has 2 atom stereocenters. The lowest BCUT2D eigenvalue weighted by Gasteiger charge is -2.16. The number of halogens is 1. The van der Waals surface area contributed by atoms with Crippen LogP contribution in [0.5, 0.6) is 0 Å². The number of aromatic nitrogens is 2. The number of H-pyrrole nitrogens is 1. The van der Waals surface area contributed by atoms with Crippen LogP contribution in [-0.4, -0.2) is 21.9 Å². The molecular formula is C15H21ClN4O. The van der Waals surface area contributed by atoms with Gasteiger partial charge >= 0.3 is 0 Å². The lowest BCUT2D eigenvalue weighted by atomic mass is 10.2. The molecular weight excluding hydrogens is 288 g/mol. The van der Waals surface area contributed by atoms with E-state index in [1.165, 1.54) is 0 Å². The second-order valence-electron chi connectivity index (χ2n) is 4.81. The molecule has 21 heavy (non-hydrogen) atoms. The average Bonchev–Trinajstić information content (AvgIpc) is 2.95. The predicted octanol–water partition coefficient (Wildman–Crippen LogP) is 2.41. The molecule has 0 saturated carbocycles. The summed E-state index contributed by atoms with van der Waals surface area (Å²) >= 11 is 0. The highest BCUT2D eigenvalue weighted by molar-refractivity contribution is 5.85. The minimum absolute atomic E-state index is 0. The van der Waals surface area contributed by atoms with E-state index in [4.69, 9.17) is 5.73 Å².